The van der Waals surface area contributed by atoms with Gasteiger partial charge in [-0.2, -0.15) is 0 Å². The zero-order chi connectivity index (χ0) is 12.5. The van der Waals surface area contributed by atoms with Gasteiger partial charge in [-0.25, -0.2) is 0 Å². The van der Waals surface area contributed by atoms with E-state index >= 15 is 0 Å². The third kappa shape index (κ3) is 2.41. The van der Waals surface area contributed by atoms with Crippen LogP contribution >= 0.6 is 0 Å². The van der Waals surface area contributed by atoms with Gasteiger partial charge in [0.15, 0.2) is 0 Å². The summed E-state index contributed by atoms with van der Waals surface area (Å²) in [6, 6.07) is 11.2. The minimum absolute atomic E-state index is 0.315. The van der Waals surface area contributed by atoms with Gasteiger partial charge in [0.25, 0.3) is 0 Å². The molecule has 0 aliphatic rings. The van der Waals surface area contributed by atoms with E-state index in [-0.39, 0.29) is 5.41 Å². The fourth-order valence-corrected chi connectivity index (χ4v) is 1.73. The number of hydrogen-bond acceptors (Lipinski definition) is 2. The molecule has 0 spiro atoms. The fourth-order valence-electron chi connectivity index (χ4n) is 1.73. The van der Waals surface area contributed by atoms with Crippen LogP contribution in [0.15, 0.2) is 36.4 Å². The summed E-state index contributed by atoms with van der Waals surface area (Å²) >= 11 is 0. The molecule has 4 radical (unpaired) electrons. The second kappa shape index (κ2) is 4.36. The van der Waals surface area contributed by atoms with Crippen LogP contribution < -0.4 is 11.2 Å². The van der Waals surface area contributed by atoms with Crippen molar-refractivity contribution >= 4 is 26.9 Å². The van der Waals surface area contributed by atoms with Crippen molar-refractivity contribution in [2.75, 3.05) is 0 Å². The molecule has 2 heterocycles. The Kier molecular flexibility index (Phi) is 3.05. The Morgan fingerprint density at radius 1 is 0.824 bits per heavy atom. The lowest BCUT2D eigenvalue weighted by Crippen LogP contribution is -2.27. The lowest BCUT2D eigenvalue weighted by atomic mass is 9.83. The lowest BCUT2D eigenvalue weighted by Gasteiger charge is -2.24. The van der Waals surface area contributed by atoms with Crippen molar-refractivity contribution in [3.8, 4) is 0 Å². The third-order valence-electron chi connectivity index (χ3n) is 2.82. The molecule has 0 amide bonds. The molecule has 80 valence electrons. The molecule has 0 aromatic carbocycles. The highest BCUT2D eigenvalue weighted by Crippen LogP contribution is 2.27. The molecule has 0 saturated heterocycles. The fraction of sp³-hybridized carbons (Fsp3) is 0.231. The second-order valence-electron chi connectivity index (χ2n) is 4.52. The summed E-state index contributed by atoms with van der Waals surface area (Å²) in [4.78, 5) is 8.70. The Labute approximate surface area is 104 Å². The van der Waals surface area contributed by atoms with Crippen molar-refractivity contribution in [1.29, 1.82) is 0 Å². The standard InChI is InChI=1S/C13H12B2N2/c1-13(2,9-5-3-7-11(14)16-9)10-6-4-8-12(15)17-10/h3-8H,1-2H3. The van der Waals surface area contributed by atoms with Crippen LogP contribution in [0.4, 0.5) is 0 Å². The van der Waals surface area contributed by atoms with Crippen LogP contribution in [0.1, 0.15) is 25.2 Å². The number of aromatic nitrogens is 2. The summed E-state index contributed by atoms with van der Waals surface area (Å²) in [6.07, 6.45) is 0. The first-order chi connectivity index (χ1) is 8.00. The monoisotopic (exact) mass is 218 g/mol. The van der Waals surface area contributed by atoms with Gasteiger partial charge in [-0.15, -0.1) is 0 Å². The molecule has 17 heavy (non-hydrogen) atoms. The Bertz CT molecular complexity index is 491. The second-order valence-corrected chi connectivity index (χ2v) is 4.52. The molecular formula is C13H12B2N2. The molecule has 2 rings (SSSR count). The van der Waals surface area contributed by atoms with Crippen molar-refractivity contribution < 1.29 is 0 Å². The number of rotatable bonds is 2. The first kappa shape index (κ1) is 11.9. The predicted octanol–water partition coefficient (Wildman–Crippen LogP) is 0.390. The van der Waals surface area contributed by atoms with Crippen LogP contribution in [0.25, 0.3) is 0 Å². The van der Waals surface area contributed by atoms with Gasteiger partial charge in [-0.3, -0.25) is 9.97 Å². The van der Waals surface area contributed by atoms with E-state index in [9.17, 15) is 0 Å². The molecule has 0 bridgehead atoms. The van der Waals surface area contributed by atoms with E-state index in [1.807, 2.05) is 24.3 Å². The average Bonchev–Trinajstić information content (AvgIpc) is 2.29. The van der Waals surface area contributed by atoms with Crippen LogP contribution in [0.3, 0.4) is 0 Å². The van der Waals surface area contributed by atoms with Gasteiger partial charge in [0.1, 0.15) is 15.7 Å². The maximum atomic E-state index is 5.71. The maximum absolute atomic E-state index is 5.71. The minimum atomic E-state index is -0.315. The molecule has 0 atom stereocenters. The molecule has 2 aromatic rings. The molecule has 2 aromatic heterocycles. The highest BCUT2D eigenvalue weighted by molar-refractivity contribution is 6.30. The summed E-state index contributed by atoms with van der Waals surface area (Å²) in [5.74, 6) is 0. The Morgan fingerprint density at radius 2 is 1.24 bits per heavy atom. The van der Waals surface area contributed by atoms with E-state index in [1.165, 1.54) is 0 Å². The van der Waals surface area contributed by atoms with Gasteiger partial charge in [-0.1, -0.05) is 24.3 Å². The normalized spacial score (nSPS) is 11.4. The quantitative estimate of drug-likeness (QED) is 0.681. The van der Waals surface area contributed by atoms with Gasteiger partial charge < -0.3 is 0 Å². The van der Waals surface area contributed by atoms with Crippen LogP contribution in [0.5, 0.6) is 0 Å². The van der Waals surface area contributed by atoms with Crippen LogP contribution in [-0.2, 0) is 5.41 Å². The Hall–Kier alpha value is -1.57. The molecular weight excluding hydrogens is 206 g/mol. The van der Waals surface area contributed by atoms with E-state index < -0.39 is 0 Å². The van der Waals surface area contributed by atoms with Crippen molar-refractivity contribution in [2.24, 2.45) is 0 Å². The Morgan fingerprint density at radius 3 is 1.59 bits per heavy atom. The molecule has 0 aliphatic heterocycles. The summed E-state index contributed by atoms with van der Waals surface area (Å²) in [5.41, 5.74) is 2.48. The van der Waals surface area contributed by atoms with Crippen molar-refractivity contribution in [2.45, 2.75) is 19.3 Å². The van der Waals surface area contributed by atoms with E-state index in [1.54, 1.807) is 12.1 Å². The molecule has 0 N–H and O–H groups in total. The molecule has 4 heteroatoms. The highest BCUT2D eigenvalue weighted by atomic mass is 14.8. The Balaban J connectivity index is 2.49. The average molecular weight is 218 g/mol. The van der Waals surface area contributed by atoms with Crippen LogP contribution in [0, 0.1) is 0 Å². The summed E-state index contributed by atoms with van der Waals surface area (Å²) < 4.78 is 0. The SMILES string of the molecule is [B]c1cccc(C(C)(C)c2cccc([B])n2)n1. The topological polar surface area (TPSA) is 25.8 Å². The van der Waals surface area contributed by atoms with Crippen LogP contribution in [-0.4, -0.2) is 25.7 Å². The molecule has 2 nitrogen and oxygen atoms in total. The van der Waals surface area contributed by atoms with Gasteiger partial charge in [0.2, 0.25) is 0 Å². The smallest absolute Gasteiger partial charge is 0.141 e. The predicted molar refractivity (Wildman–Crippen MR) is 71.4 cm³/mol. The number of hydrogen-bond donors (Lipinski definition) is 0. The van der Waals surface area contributed by atoms with E-state index in [0.29, 0.717) is 11.2 Å². The first-order valence-electron chi connectivity index (χ1n) is 5.46. The molecule has 0 aliphatic carbocycles. The number of nitrogens with zero attached hydrogens (tertiary/aromatic N) is 2. The largest absolute Gasteiger partial charge is 0.268 e. The highest BCUT2D eigenvalue weighted by Gasteiger charge is 2.25. The van der Waals surface area contributed by atoms with Gasteiger partial charge >= 0.3 is 0 Å². The van der Waals surface area contributed by atoms with E-state index in [4.69, 9.17) is 15.7 Å². The summed E-state index contributed by atoms with van der Waals surface area (Å²) in [6.45, 7) is 4.10. The van der Waals surface area contributed by atoms with Crippen molar-refractivity contribution in [3.63, 3.8) is 0 Å². The molecule has 0 unspecified atom stereocenters. The maximum Gasteiger partial charge on any atom is 0.141 e. The summed E-state index contributed by atoms with van der Waals surface area (Å²) in [7, 11) is 11.4. The van der Waals surface area contributed by atoms with Gasteiger partial charge in [0.05, 0.1) is 11.4 Å². The van der Waals surface area contributed by atoms with Crippen molar-refractivity contribution in [3.05, 3.63) is 47.8 Å². The zero-order valence-corrected chi connectivity index (χ0v) is 10.0. The van der Waals surface area contributed by atoms with Crippen LogP contribution in [0.2, 0.25) is 0 Å². The van der Waals surface area contributed by atoms with E-state index in [2.05, 4.69) is 23.8 Å². The first-order valence-corrected chi connectivity index (χ1v) is 5.46. The third-order valence-corrected chi connectivity index (χ3v) is 2.82. The summed E-state index contributed by atoms with van der Waals surface area (Å²) in [5, 5.41) is 0. The number of pyridine rings is 2. The van der Waals surface area contributed by atoms with E-state index in [0.717, 1.165) is 11.4 Å². The molecule has 0 fully saturated rings. The van der Waals surface area contributed by atoms with Crippen molar-refractivity contribution in [1.82, 2.24) is 9.97 Å². The minimum Gasteiger partial charge on any atom is -0.268 e. The van der Waals surface area contributed by atoms with Gasteiger partial charge in [0, 0.05) is 5.41 Å². The van der Waals surface area contributed by atoms with Gasteiger partial charge in [-0.05, 0) is 37.2 Å². The lowest BCUT2D eigenvalue weighted by molar-refractivity contribution is 0.599. The molecule has 0 saturated carbocycles. The zero-order valence-electron chi connectivity index (χ0n) is 10.0.